The molecule has 0 spiro atoms. The van der Waals surface area contributed by atoms with E-state index < -0.39 is 0 Å². The van der Waals surface area contributed by atoms with Crippen molar-refractivity contribution in [3.63, 3.8) is 0 Å². The average Bonchev–Trinajstić information content (AvgIpc) is 3.31. The molecule has 3 rings (SSSR count). The summed E-state index contributed by atoms with van der Waals surface area (Å²) in [6.45, 7) is 8.44. The van der Waals surface area contributed by atoms with E-state index in [1.807, 2.05) is 6.07 Å². The molecule has 0 aliphatic carbocycles. The topological polar surface area (TPSA) is 20.5 Å². The third kappa shape index (κ3) is 4.50. The number of para-hydroxylation sites is 1. The van der Waals surface area contributed by atoms with E-state index in [2.05, 4.69) is 51.2 Å². The molecule has 0 aliphatic heterocycles. The second kappa shape index (κ2) is 9.26. The number of nitrogens with zero attached hydrogens (tertiary/aromatic N) is 3. The molecular formula is C20H24FN3S2. The van der Waals surface area contributed by atoms with E-state index in [-0.39, 0.29) is 5.82 Å². The highest BCUT2D eigenvalue weighted by atomic mass is 32.1. The molecule has 0 unspecified atom stereocenters. The highest BCUT2D eigenvalue weighted by Gasteiger charge is 2.10. The summed E-state index contributed by atoms with van der Waals surface area (Å²) in [5.74, 6) is -0.284. The van der Waals surface area contributed by atoms with Crippen LogP contribution in [0.25, 0.3) is 10.6 Å². The van der Waals surface area contributed by atoms with Crippen molar-refractivity contribution in [1.82, 2.24) is 9.47 Å². The first-order valence-corrected chi connectivity index (χ1v) is 10.7. The molecule has 138 valence electrons. The van der Waals surface area contributed by atoms with Crippen molar-refractivity contribution in [2.24, 2.45) is 4.99 Å². The Kier molecular flexibility index (Phi) is 6.77. The fraction of sp³-hybridized carbons (Fsp3) is 0.350. The van der Waals surface area contributed by atoms with E-state index >= 15 is 0 Å². The van der Waals surface area contributed by atoms with Crippen molar-refractivity contribution in [2.75, 3.05) is 19.6 Å². The van der Waals surface area contributed by atoms with Crippen LogP contribution in [0.4, 0.5) is 10.1 Å². The van der Waals surface area contributed by atoms with Gasteiger partial charge in [0.25, 0.3) is 0 Å². The summed E-state index contributed by atoms with van der Waals surface area (Å²) in [6, 6.07) is 10.9. The van der Waals surface area contributed by atoms with E-state index in [4.69, 9.17) is 0 Å². The van der Waals surface area contributed by atoms with Crippen LogP contribution < -0.4 is 4.80 Å². The number of hydrogen-bond donors (Lipinski definition) is 0. The molecule has 0 saturated carbocycles. The quantitative estimate of drug-likeness (QED) is 0.506. The summed E-state index contributed by atoms with van der Waals surface area (Å²) in [5, 5.41) is 4.21. The summed E-state index contributed by atoms with van der Waals surface area (Å²) in [7, 11) is 0. The van der Waals surface area contributed by atoms with Crippen LogP contribution >= 0.6 is 22.7 Å². The van der Waals surface area contributed by atoms with Gasteiger partial charge in [0.05, 0.1) is 10.6 Å². The van der Waals surface area contributed by atoms with E-state index in [0.717, 1.165) is 37.4 Å². The van der Waals surface area contributed by atoms with Crippen LogP contribution in [-0.4, -0.2) is 29.1 Å². The molecule has 0 atom stereocenters. The molecule has 6 heteroatoms. The minimum absolute atomic E-state index is 0.284. The van der Waals surface area contributed by atoms with Gasteiger partial charge in [-0.15, -0.1) is 22.7 Å². The third-order valence-corrected chi connectivity index (χ3v) is 6.15. The van der Waals surface area contributed by atoms with Gasteiger partial charge in [-0.2, -0.15) is 0 Å². The maximum Gasteiger partial charge on any atom is 0.190 e. The Morgan fingerprint density at radius 2 is 1.88 bits per heavy atom. The number of aromatic nitrogens is 1. The molecule has 0 radical (unpaired) electrons. The van der Waals surface area contributed by atoms with Crippen LogP contribution in [0.2, 0.25) is 0 Å². The molecule has 2 aromatic heterocycles. The van der Waals surface area contributed by atoms with Crippen LogP contribution in [0, 0.1) is 5.82 Å². The van der Waals surface area contributed by atoms with Gasteiger partial charge in [0, 0.05) is 11.9 Å². The summed E-state index contributed by atoms with van der Waals surface area (Å²) in [6.07, 6.45) is 1.04. The molecule has 0 amide bonds. The predicted octanol–water partition coefficient (Wildman–Crippen LogP) is 5.38. The Morgan fingerprint density at radius 1 is 1.08 bits per heavy atom. The average molecular weight is 390 g/mol. The predicted molar refractivity (Wildman–Crippen MR) is 110 cm³/mol. The molecule has 0 N–H and O–H groups in total. The van der Waals surface area contributed by atoms with E-state index in [1.54, 1.807) is 34.8 Å². The normalized spacial score (nSPS) is 12.2. The van der Waals surface area contributed by atoms with Crippen molar-refractivity contribution in [3.05, 3.63) is 57.8 Å². The highest BCUT2D eigenvalue weighted by Crippen LogP contribution is 2.26. The van der Waals surface area contributed by atoms with E-state index in [1.165, 1.54) is 16.6 Å². The smallest absolute Gasteiger partial charge is 0.190 e. The summed E-state index contributed by atoms with van der Waals surface area (Å²) in [4.78, 5) is 9.10. The van der Waals surface area contributed by atoms with Crippen molar-refractivity contribution in [1.29, 1.82) is 0 Å². The SMILES string of the molecule is CCN(CC)CCCn1c(-c2cccs2)csc1=Nc1ccccc1F. The fourth-order valence-electron chi connectivity index (χ4n) is 2.89. The Balaban J connectivity index is 1.93. The highest BCUT2D eigenvalue weighted by molar-refractivity contribution is 7.14. The van der Waals surface area contributed by atoms with Gasteiger partial charge in [0.15, 0.2) is 4.80 Å². The molecule has 1 aromatic carbocycles. The van der Waals surface area contributed by atoms with Gasteiger partial charge >= 0.3 is 0 Å². The van der Waals surface area contributed by atoms with Crippen molar-refractivity contribution in [2.45, 2.75) is 26.8 Å². The Labute approximate surface area is 162 Å². The van der Waals surface area contributed by atoms with Gasteiger partial charge in [0.1, 0.15) is 11.5 Å². The minimum atomic E-state index is -0.284. The van der Waals surface area contributed by atoms with Crippen LogP contribution in [0.3, 0.4) is 0 Å². The fourth-order valence-corrected chi connectivity index (χ4v) is 4.66. The first-order valence-electron chi connectivity index (χ1n) is 8.96. The van der Waals surface area contributed by atoms with E-state index in [0.29, 0.717) is 5.69 Å². The van der Waals surface area contributed by atoms with Crippen LogP contribution in [0.5, 0.6) is 0 Å². The number of halogens is 1. The van der Waals surface area contributed by atoms with Gasteiger partial charge in [-0.3, -0.25) is 0 Å². The van der Waals surface area contributed by atoms with Gasteiger partial charge in [-0.25, -0.2) is 9.38 Å². The molecule has 0 aliphatic rings. The maximum absolute atomic E-state index is 14.0. The van der Waals surface area contributed by atoms with Gasteiger partial charge in [0.2, 0.25) is 0 Å². The van der Waals surface area contributed by atoms with Gasteiger partial charge < -0.3 is 9.47 Å². The Morgan fingerprint density at radius 3 is 2.58 bits per heavy atom. The number of thiophene rings is 1. The van der Waals surface area contributed by atoms with Crippen LogP contribution in [0.1, 0.15) is 20.3 Å². The monoisotopic (exact) mass is 389 g/mol. The molecule has 0 bridgehead atoms. The van der Waals surface area contributed by atoms with Crippen molar-refractivity contribution < 1.29 is 4.39 Å². The first kappa shape index (κ1) is 19.0. The molecule has 3 aromatic rings. The molecule has 26 heavy (non-hydrogen) atoms. The molecule has 0 fully saturated rings. The molecule has 3 nitrogen and oxygen atoms in total. The second-order valence-electron chi connectivity index (χ2n) is 5.98. The lowest BCUT2D eigenvalue weighted by Gasteiger charge is -2.18. The number of rotatable bonds is 8. The van der Waals surface area contributed by atoms with Crippen LogP contribution in [0.15, 0.2) is 52.2 Å². The van der Waals surface area contributed by atoms with Crippen molar-refractivity contribution >= 4 is 28.4 Å². The molecular weight excluding hydrogens is 365 g/mol. The second-order valence-corrected chi connectivity index (χ2v) is 7.76. The largest absolute Gasteiger partial charge is 0.316 e. The molecule has 0 saturated heterocycles. The standard InChI is InChI=1S/C20H24FN3S2/c1-3-23(4-2)12-8-13-24-18(19-11-7-14-25-19)15-26-20(24)22-17-10-6-5-9-16(17)21/h5-7,9-11,14-15H,3-4,8,12-13H2,1-2H3. The minimum Gasteiger partial charge on any atom is -0.316 e. The van der Waals surface area contributed by atoms with Crippen LogP contribution in [-0.2, 0) is 6.54 Å². The maximum atomic E-state index is 14.0. The summed E-state index contributed by atoms with van der Waals surface area (Å²) >= 11 is 3.29. The third-order valence-electron chi connectivity index (χ3n) is 4.39. The lowest BCUT2D eigenvalue weighted by atomic mass is 10.3. The van der Waals surface area contributed by atoms with Crippen molar-refractivity contribution in [3.8, 4) is 10.6 Å². The summed E-state index contributed by atoms with van der Waals surface area (Å²) < 4.78 is 16.3. The Hall–Kier alpha value is -1.76. The zero-order chi connectivity index (χ0) is 18.4. The zero-order valence-electron chi connectivity index (χ0n) is 15.2. The van der Waals surface area contributed by atoms with Gasteiger partial charge in [-0.1, -0.05) is 32.0 Å². The van der Waals surface area contributed by atoms with E-state index in [9.17, 15) is 4.39 Å². The Bertz CT molecular complexity index is 877. The lowest BCUT2D eigenvalue weighted by Crippen LogP contribution is -2.26. The molecule has 2 heterocycles. The first-order chi connectivity index (χ1) is 12.7. The number of benzene rings is 1. The van der Waals surface area contributed by atoms with Gasteiger partial charge in [-0.05, 0) is 49.6 Å². The number of hydrogen-bond acceptors (Lipinski definition) is 4. The zero-order valence-corrected chi connectivity index (χ0v) is 16.8. The summed E-state index contributed by atoms with van der Waals surface area (Å²) in [5.41, 5.74) is 1.56. The number of thiazole rings is 1. The lowest BCUT2D eigenvalue weighted by molar-refractivity contribution is 0.293.